The number of aliphatic hydroxyl groups is 1. The summed E-state index contributed by atoms with van der Waals surface area (Å²) in [4.78, 5) is 0. The maximum atomic E-state index is 9.75. The molecule has 110 valence electrons. The SMILES string of the molecule is COCCNCC(O)COc1ccc(C#N)cc1OC. The average Bonchev–Trinajstić information content (AvgIpc) is 2.49. The maximum absolute atomic E-state index is 9.75. The Morgan fingerprint density at radius 1 is 1.35 bits per heavy atom. The number of ether oxygens (including phenoxy) is 3. The van der Waals surface area contributed by atoms with E-state index in [0.717, 1.165) is 0 Å². The van der Waals surface area contributed by atoms with Gasteiger partial charge < -0.3 is 24.6 Å². The van der Waals surface area contributed by atoms with E-state index in [9.17, 15) is 5.11 Å². The van der Waals surface area contributed by atoms with E-state index in [1.54, 1.807) is 25.3 Å². The number of hydrogen-bond acceptors (Lipinski definition) is 6. The van der Waals surface area contributed by atoms with Crippen LogP contribution in [0.25, 0.3) is 0 Å². The summed E-state index contributed by atoms with van der Waals surface area (Å²) in [5.41, 5.74) is 0.496. The Morgan fingerprint density at radius 2 is 2.15 bits per heavy atom. The van der Waals surface area contributed by atoms with Crippen molar-refractivity contribution in [2.24, 2.45) is 0 Å². The highest BCUT2D eigenvalue weighted by Crippen LogP contribution is 2.27. The van der Waals surface area contributed by atoms with Crippen LogP contribution in [0.5, 0.6) is 11.5 Å². The Hall–Kier alpha value is -1.81. The second kappa shape index (κ2) is 9.15. The molecule has 0 radical (unpaired) electrons. The molecule has 1 rings (SSSR count). The lowest BCUT2D eigenvalue weighted by Gasteiger charge is -2.15. The molecule has 0 aromatic heterocycles. The van der Waals surface area contributed by atoms with Crippen molar-refractivity contribution in [2.75, 3.05) is 40.5 Å². The van der Waals surface area contributed by atoms with Crippen LogP contribution in [-0.2, 0) is 4.74 Å². The Kier molecular flexibility index (Phi) is 7.43. The van der Waals surface area contributed by atoms with Crippen molar-refractivity contribution in [1.29, 1.82) is 5.26 Å². The van der Waals surface area contributed by atoms with E-state index >= 15 is 0 Å². The van der Waals surface area contributed by atoms with Crippen molar-refractivity contribution in [3.8, 4) is 17.6 Å². The molecule has 6 nitrogen and oxygen atoms in total. The Balaban J connectivity index is 2.43. The van der Waals surface area contributed by atoms with E-state index in [-0.39, 0.29) is 6.61 Å². The molecule has 1 atom stereocenters. The number of nitrogens with zero attached hydrogens (tertiary/aromatic N) is 1. The lowest BCUT2D eigenvalue weighted by Crippen LogP contribution is -2.33. The molecule has 1 aromatic carbocycles. The molecule has 0 heterocycles. The molecular formula is C14H20N2O4. The van der Waals surface area contributed by atoms with E-state index in [1.165, 1.54) is 7.11 Å². The summed E-state index contributed by atoms with van der Waals surface area (Å²) in [5, 5.41) is 21.6. The summed E-state index contributed by atoms with van der Waals surface area (Å²) >= 11 is 0. The predicted octanol–water partition coefficient (Wildman–Crippen LogP) is 0.543. The smallest absolute Gasteiger partial charge is 0.162 e. The Bertz CT molecular complexity index is 445. The second-order valence-corrected chi connectivity index (χ2v) is 4.14. The first-order valence-electron chi connectivity index (χ1n) is 6.30. The van der Waals surface area contributed by atoms with Gasteiger partial charge in [0.1, 0.15) is 12.7 Å². The topological polar surface area (TPSA) is 83.7 Å². The standard InChI is InChI=1S/C14H20N2O4/c1-18-6-5-16-9-12(17)10-20-13-4-3-11(8-15)7-14(13)19-2/h3-4,7,12,16-17H,5-6,9-10H2,1-2H3. The molecule has 20 heavy (non-hydrogen) atoms. The third-order valence-electron chi connectivity index (χ3n) is 2.59. The molecule has 6 heteroatoms. The van der Waals surface area contributed by atoms with Crippen molar-refractivity contribution in [3.05, 3.63) is 23.8 Å². The highest BCUT2D eigenvalue weighted by molar-refractivity contribution is 5.46. The zero-order chi connectivity index (χ0) is 14.8. The molecule has 1 aromatic rings. The van der Waals surface area contributed by atoms with Gasteiger partial charge in [0.2, 0.25) is 0 Å². The number of aliphatic hydroxyl groups excluding tert-OH is 1. The van der Waals surface area contributed by atoms with Crippen molar-refractivity contribution >= 4 is 0 Å². The van der Waals surface area contributed by atoms with Gasteiger partial charge in [-0.05, 0) is 12.1 Å². The van der Waals surface area contributed by atoms with Gasteiger partial charge in [-0.25, -0.2) is 0 Å². The monoisotopic (exact) mass is 280 g/mol. The molecule has 0 saturated heterocycles. The average molecular weight is 280 g/mol. The number of nitriles is 1. The van der Waals surface area contributed by atoms with Crippen LogP contribution in [-0.4, -0.2) is 51.7 Å². The van der Waals surface area contributed by atoms with E-state index in [0.29, 0.717) is 36.8 Å². The van der Waals surface area contributed by atoms with Crippen molar-refractivity contribution in [2.45, 2.75) is 6.10 Å². The van der Waals surface area contributed by atoms with Crippen LogP contribution in [0.1, 0.15) is 5.56 Å². The number of nitrogens with one attached hydrogen (secondary N) is 1. The molecule has 0 amide bonds. The van der Waals surface area contributed by atoms with Gasteiger partial charge in [0.15, 0.2) is 11.5 Å². The molecule has 0 saturated carbocycles. The normalized spacial score (nSPS) is 11.7. The summed E-state index contributed by atoms with van der Waals surface area (Å²) in [5.74, 6) is 0.978. The quantitative estimate of drug-likeness (QED) is 0.642. The molecule has 0 fully saturated rings. The fourth-order valence-electron chi connectivity index (χ4n) is 1.54. The first-order chi connectivity index (χ1) is 9.71. The van der Waals surface area contributed by atoms with Crippen LogP contribution in [0.4, 0.5) is 0 Å². The van der Waals surface area contributed by atoms with Gasteiger partial charge in [-0.1, -0.05) is 0 Å². The summed E-state index contributed by atoms with van der Waals surface area (Å²) in [6.07, 6.45) is -0.632. The Labute approximate surface area is 118 Å². The summed E-state index contributed by atoms with van der Waals surface area (Å²) < 4.78 is 15.5. The third kappa shape index (κ3) is 5.45. The maximum Gasteiger partial charge on any atom is 0.162 e. The molecule has 0 spiro atoms. The van der Waals surface area contributed by atoms with Crippen LogP contribution in [0.2, 0.25) is 0 Å². The number of benzene rings is 1. The van der Waals surface area contributed by atoms with E-state index in [2.05, 4.69) is 5.32 Å². The Morgan fingerprint density at radius 3 is 2.80 bits per heavy atom. The van der Waals surface area contributed by atoms with Crippen molar-refractivity contribution < 1.29 is 19.3 Å². The molecule has 0 bridgehead atoms. The highest BCUT2D eigenvalue weighted by Gasteiger charge is 2.09. The minimum Gasteiger partial charge on any atom is -0.493 e. The first kappa shape index (κ1) is 16.2. The second-order valence-electron chi connectivity index (χ2n) is 4.14. The largest absolute Gasteiger partial charge is 0.493 e. The van der Waals surface area contributed by atoms with Gasteiger partial charge in [0.25, 0.3) is 0 Å². The lowest BCUT2D eigenvalue weighted by molar-refractivity contribution is 0.102. The van der Waals surface area contributed by atoms with Gasteiger partial charge >= 0.3 is 0 Å². The van der Waals surface area contributed by atoms with Gasteiger partial charge in [-0.15, -0.1) is 0 Å². The predicted molar refractivity (Wildman–Crippen MR) is 74.0 cm³/mol. The molecule has 0 aliphatic rings. The van der Waals surface area contributed by atoms with Crippen molar-refractivity contribution in [3.63, 3.8) is 0 Å². The van der Waals surface area contributed by atoms with Crippen LogP contribution >= 0.6 is 0 Å². The summed E-state index contributed by atoms with van der Waals surface area (Å²) in [6, 6.07) is 6.92. The van der Waals surface area contributed by atoms with Crippen molar-refractivity contribution in [1.82, 2.24) is 5.32 Å². The molecule has 2 N–H and O–H groups in total. The molecule has 0 aliphatic heterocycles. The summed E-state index contributed by atoms with van der Waals surface area (Å²) in [6.45, 7) is 1.83. The summed E-state index contributed by atoms with van der Waals surface area (Å²) in [7, 11) is 3.13. The fraction of sp³-hybridized carbons (Fsp3) is 0.500. The van der Waals surface area contributed by atoms with Crippen LogP contribution in [0.3, 0.4) is 0 Å². The zero-order valence-corrected chi connectivity index (χ0v) is 11.8. The zero-order valence-electron chi connectivity index (χ0n) is 11.8. The van der Waals surface area contributed by atoms with E-state index in [1.807, 2.05) is 6.07 Å². The third-order valence-corrected chi connectivity index (χ3v) is 2.59. The number of rotatable bonds is 9. The van der Waals surface area contributed by atoms with Gasteiger partial charge in [0.05, 0.1) is 25.3 Å². The van der Waals surface area contributed by atoms with E-state index in [4.69, 9.17) is 19.5 Å². The highest BCUT2D eigenvalue weighted by atomic mass is 16.5. The van der Waals surface area contributed by atoms with Gasteiger partial charge in [-0.3, -0.25) is 0 Å². The number of hydrogen-bond donors (Lipinski definition) is 2. The van der Waals surface area contributed by atoms with E-state index < -0.39 is 6.10 Å². The number of methoxy groups -OCH3 is 2. The minimum atomic E-state index is -0.632. The first-order valence-corrected chi connectivity index (χ1v) is 6.30. The van der Waals surface area contributed by atoms with Gasteiger partial charge in [0, 0.05) is 26.3 Å². The fourth-order valence-corrected chi connectivity index (χ4v) is 1.54. The molecule has 1 unspecified atom stereocenters. The van der Waals surface area contributed by atoms with Crippen LogP contribution in [0, 0.1) is 11.3 Å². The van der Waals surface area contributed by atoms with Crippen LogP contribution in [0.15, 0.2) is 18.2 Å². The lowest BCUT2D eigenvalue weighted by atomic mass is 10.2. The molecule has 0 aliphatic carbocycles. The minimum absolute atomic E-state index is 0.141. The van der Waals surface area contributed by atoms with Crippen LogP contribution < -0.4 is 14.8 Å². The molecular weight excluding hydrogens is 260 g/mol. The van der Waals surface area contributed by atoms with Gasteiger partial charge in [-0.2, -0.15) is 5.26 Å².